The Kier molecular flexibility index (Phi) is 7.80. The molecule has 1 atom stereocenters. The second-order valence-corrected chi connectivity index (χ2v) is 7.93. The summed E-state index contributed by atoms with van der Waals surface area (Å²) in [6.07, 6.45) is 0.292. The Morgan fingerprint density at radius 3 is 2.21 bits per heavy atom. The Labute approximate surface area is 169 Å². The van der Waals surface area contributed by atoms with Crippen LogP contribution in [0, 0.1) is 19.8 Å². The lowest BCUT2D eigenvalue weighted by Gasteiger charge is -2.29. The molecule has 0 aliphatic heterocycles. The van der Waals surface area contributed by atoms with Crippen molar-refractivity contribution in [2.24, 2.45) is 5.92 Å². The van der Waals surface area contributed by atoms with Crippen molar-refractivity contribution >= 4 is 11.8 Å². The van der Waals surface area contributed by atoms with Gasteiger partial charge in [-0.1, -0.05) is 67.9 Å². The fourth-order valence-electron chi connectivity index (χ4n) is 3.00. The van der Waals surface area contributed by atoms with Crippen LogP contribution in [0.1, 0.15) is 43.0 Å². The number of amides is 2. The number of hydrogen-bond donors (Lipinski definition) is 1. The molecule has 0 unspecified atom stereocenters. The van der Waals surface area contributed by atoms with Gasteiger partial charge in [-0.15, -0.1) is 0 Å². The summed E-state index contributed by atoms with van der Waals surface area (Å²) in [4.78, 5) is 27.5. The van der Waals surface area contributed by atoms with E-state index in [-0.39, 0.29) is 11.8 Å². The fourth-order valence-corrected chi connectivity index (χ4v) is 3.00. The first-order valence-corrected chi connectivity index (χ1v) is 9.95. The highest BCUT2D eigenvalue weighted by Crippen LogP contribution is 2.15. The molecule has 150 valence electrons. The maximum atomic E-state index is 13.2. The normalized spacial score (nSPS) is 11.9. The van der Waals surface area contributed by atoms with Gasteiger partial charge in [0.05, 0.1) is 6.42 Å². The van der Waals surface area contributed by atoms with Gasteiger partial charge in [0.1, 0.15) is 6.04 Å². The minimum atomic E-state index is -0.531. The number of rotatable bonds is 8. The maximum Gasteiger partial charge on any atom is 0.242 e. The average molecular weight is 381 g/mol. The molecule has 2 aromatic rings. The molecule has 0 spiro atoms. The predicted octanol–water partition coefficient (Wildman–Crippen LogP) is 4.04. The largest absolute Gasteiger partial charge is 0.354 e. The molecule has 0 aliphatic rings. The molecular formula is C24H32N2O2. The highest BCUT2D eigenvalue weighted by atomic mass is 16.2. The van der Waals surface area contributed by atoms with E-state index in [0.29, 0.717) is 25.4 Å². The third-order valence-electron chi connectivity index (χ3n) is 4.93. The van der Waals surface area contributed by atoms with Crippen LogP contribution in [0.5, 0.6) is 0 Å². The van der Waals surface area contributed by atoms with Crippen LogP contribution in [0.3, 0.4) is 0 Å². The van der Waals surface area contributed by atoms with Gasteiger partial charge in [-0.05, 0) is 43.4 Å². The van der Waals surface area contributed by atoms with Crippen molar-refractivity contribution in [1.29, 1.82) is 0 Å². The van der Waals surface area contributed by atoms with Crippen LogP contribution in [0.25, 0.3) is 0 Å². The SMILES string of the molecule is Cc1ccc(CN(C(=O)Cc2ccccc2C)[C@@H](C)C(=O)NCC(C)C)cc1. The summed E-state index contributed by atoms with van der Waals surface area (Å²) in [7, 11) is 0. The number of hydrogen-bond acceptors (Lipinski definition) is 2. The monoisotopic (exact) mass is 380 g/mol. The number of nitrogens with one attached hydrogen (secondary N) is 1. The lowest BCUT2D eigenvalue weighted by Crippen LogP contribution is -2.48. The van der Waals surface area contributed by atoms with Gasteiger partial charge in [0.25, 0.3) is 0 Å². The molecule has 0 radical (unpaired) electrons. The average Bonchev–Trinajstić information content (AvgIpc) is 2.66. The van der Waals surface area contributed by atoms with Gasteiger partial charge in [0, 0.05) is 13.1 Å². The summed E-state index contributed by atoms with van der Waals surface area (Å²) in [6.45, 7) is 11.0. The second kappa shape index (κ2) is 10.1. The van der Waals surface area contributed by atoms with Crippen molar-refractivity contribution in [3.05, 3.63) is 70.8 Å². The Bertz CT molecular complexity index is 797. The van der Waals surface area contributed by atoms with E-state index < -0.39 is 6.04 Å². The first-order chi connectivity index (χ1) is 13.3. The molecule has 1 N–H and O–H groups in total. The highest BCUT2D eigenvalue weighted by Gasteiger charge is 2.26. The van der Waals surface area contributed by atoms with Crippen LogP contribution in [0.15, 0.2) is 48.5 Å². The number of benzene rings is 2. The molecule has 0 saturated carbocycles. The zero-order chi connectivity index (χ0) is 20.7. The van der Waals surface area contributed by atoms with Crippen molar-refractivity contribution in [2.45, 2.75) is 53.6 Å². The summed E-state index contributed by atoms with van der Waals surface area (Å²) in [5, 5.41) is 2.95. The number of aryl methyl sites for hydroxylation is 2. The standard InChI is InChI=1S/C24H32N2O2/c1-17(2)15-25-24(28)20(5)26(16-21-12-10-18(3)11-13-21)23(27)14-22-9-7-6-8-19(22)4/h6-13,17,20H,14-16H2,1-5H3,(H,25,28)/t20-/m0/s1. The van der Waals surface area contributed by atoms with Gasteiger partial charge in [-0.2, -0.15) is 0 Å². The van der Waals surface area contributed by atoms with Crippen molar-refractivity contribution in [3.63, 3.8) is 0 Å². The fraction of sp³-hybridized carbons (Fsp3) is 0.417. The van der Waals surface area contributed by atoms with Crippen LogP contribution < -0.4 is 5.32 Å². The quantitative estimate of drug-likeness (QED) is 0.751. The van der Waals surface area contributed by atoms with Crippen molar-refractivity contribution in [3.8, 4) is 0 Å². The van der Waals surface area contributed by atoms with Crippen LogP contribution >= 0.6 is 0 Å². The van der Waals surface area contributed by atoms with E-state index in [2.05, 4.69) is 19.2 Å². The molecule has 0 saturated heterocycles. The van der Waals surface area contributed by atoms with Gasteiger partial charge < -0.3 is 10.2 Å². The molecule has 28 heavy (non-hydrogen) atoms. The van der Waals surface area contributed by atoms with Crippen molar-refractivity contribution < 1.29 is 9.59 Å². The van der Waals surface area contributed by atoms with E-state index >= 15 is 0 Å². The van der Waals surface area contributed by atoms with E-state index in [1.54, 1.807) is 11.8 Å². The predicted molar refractivity (Wildman–Crippen MR) is 114 cm³/mol. The van der Waals surface area contributed by atoms with Crippen molar-refractivity contribution in [2.75, 3.05) is 6.54 Å². The molecule has 2 rings (SSSR count). The molecule has 2 amide bonds. The maximum absolute atomic E-state index is 13.2. The number of carbonyl (C=O) groups is 2. The number of carbonyl (C=O) groups excluding carboxylic acids is 2. The van der Waals surface area contributed by atoms with Crippen LogP contribution in [0.2, 0.25) is 0 Å². The van der Waals surface area contributed by atoms with Crippen molar-refractivity contribution in [1.82, 2.24) is 10.2 Å². The Balaban J connectivity index is 2.21. The molecule has 0 fully saturated rings. The van der Waals surface area contributed by atoms with E-state index in [1.165, 1.54) is 5.56 Å². The molecule has 0 heterocycles. The third kappa shape index (κ3) is 6.22. The Morgan fingerprint density at radius 2 is 1.61 bits per heavy atom. The molecule has 0 bridgehead atoms. The zero-order valence-electron chi connectivity index (χ0n) is 17.7. The van der Waals surface area contributed by atoms with Gasteiger partial charge in [-0.3, -0.25) is 9.59 Å². The first kappa shape index (κ1) is 21.7. The van der Waals surface area contributed by atoms with E-state index in [4.69, 9.17) is 0 Å². The van der Waals surface area contributed by atoms with Gasteiger partial charge in [-0.25, -0.2) is 0 Å². The molecule has 0 aliphatic carbocycles. The first-order valence-electron chi connectivity index (χ1n) is 9.95. The molecular weight excluding hydrogens is 348 g/mol. The second-order valence-electron chi connectivity index (χ2n) is 7.93. The van der Waals surface area contributed by atoms with E-state index in [9.17, 15) is 9.59 Å². The minimum absolute atomic E-state index is 0.0397. The summed E-state index contributed by atoms with van der Waals surface area (Å²) >= 11 is 0. The zero-order valence-corrected chi connectivity index (χ0v) is 17.7. The lowest BCUT2D eigenvalue weighted by molar-refractivity contribution is -0.140. The van der Waals surface area contributed by atoms with Gasteiger partial charge in [0.15, 0.2) is 0 Å². The van der Waals surface area contributed by atoms with Crippen LogP contribution in [-0.4, -0.2) is 29.3 Å². The summed E-state index contributed by atoms with van der Waals surface area (Å²) in [6, 6.07) is 15.5. The van der Waals surface area contributed by atoms with Gasteiger partial charge in [0.2, 0.25) is 11.8 Å². The van der Waals surface area contributed by atoms with E-state index in [1.807, 2.05) is 62.4 Å². The smallest absolute Gasteiger partial charge is 0.242 e. The Morgan fingerprint density at radius 1 is 0.964 bits per heavy atom. The van der Waals surface area contributed by atoms with E-state index in [0.717, 1.165) is 16.7 Å². The molecule has 2 aromatic carbocycles. The highest BCUT2D eigenvalue weighted by molar-refractivity contribution is 5.88. The van der Waals surface area contributed by atoms with Crippen LogP contribution in [-0.2, 0) is 22.6 Å². The summed E-state index contributed by atoms with van der Waals surface area (Å²) in [5.41, 5.74) is 4.27. The third-order valence-corrected chi connectivity index (χ3v) is 4.93. The molecule has 4 nitrogen and oxygen atoms in total. The topological polar surface area (TPSA) is 49.4 Å². The number of nitrogens with zero attached hydrogens (tertiary/aromatic N) is 1. The lowest BCUT2D eigenvalue weighted by atomic mass is 10.0. The van der Waals surface area contributed by atoms with Crippen LogP contribution in [0.4, 0.5) is 0 Å². The minimum Gasteiger partial charge on any atom is -0.354 e. The summed E-state index contributed by atoms with van der Waals surface area (Å²) in [5.74, 6) is 0.213. The summed E-state index contributed by atoms with van der Waals surface area (Å²) < 4.78 is 0. The van der Waals surface area contributed by atoms with Gasteiger partial charge >= 0.3 is 0 Å². The molecule has 4 heteroatoms. The Hall–Kier alpha value is -2.62. The molecule has 0 aromatic heterocycles.